The summed E-state index contributed by atoms with van der Waals surface area (Å²) in [6.45, 7) is 6.29. The van der Waals surface area contributed by atoms with Crippen LogP contribution in [0.1, 0.15) is 42.5 Å². The third-order valence-corrected chi connectivity index (χ3v) is 5.34. The van der Waals surface area contributed by atoms with Gasteiger partial charge in [-0.05, 0) is 57.0 Å². The number of piperidine rings is 1. The van der Waals surface area contributed by atoms with E-state index in [1.807, 2.05) is 13.0 Å². The van der Waals surface area contributed by atoms with E-state index >= 15 is 0 Å². The van der Waals surface area contributed by atoms with Crippen LogP contribution in [0, 0.1) is 6.92 Å². The molecule has 0 amide bonds. The van der Waals surface area contributed by atoms with Crippen LogP contribution in [-0.2, 0) is 6.42 Å². The normalized spacial score (nSPS) is 18.7. The van der Waals surface area contributed by atoms with E-state index < -0.39 is 0 Å². The molecule has 0 spiro atoms. The molecule has 3 heterocycles. The maximum atomic E-state index is 6.39. The van der Waals surface area contributed by atoms with Crippen molar-refractivity contribution < 1.29 is 14.0 Å². The molecule has 0 radical (unpaired) electrons. The van der Waals surface area contributed by atoms with Crippen LogP contribution < -0.4 is 9.47 Å². The fourth-order valence-electron chi connectivity index (χ4n) is 3.60. The standard InChI is InChI=1S/C19H24ClN3O3/c1-13-21-19(26-22-13)15-4-7-23(8-5-15)6-3-14-11-16(20)18-17(12-14)24-9-2-10-25-18/h11-12,15H,2-10H2,1H3. The van der Waals surface area contributed by atoms with Gasteiger partial charge in [0.25, 0.3) is 0 Å². The highest BCUT2D eigenvalue weighted by atomic mass is 35.5. The summed E-state index contributed by atoms with van der Waals surface area (Å²) in [6, 6.07) is 4.07. The maximum Gasteiger partial charge on any atom is 0.229 e. The fourth-order valence-corrected chi connectivity index (χ4v) is 3.89. The predicted octanol–water partition coefficient (Wildman–Crippen LogP) is 3.61. The number of hydrogen-bond donors (Lipinski definition) is 0. The molecule has 140 valence electrons. The Morgan fingerprint density at radius 3 is 2.77 bits per heavy atom. The van der Waals surface area contributed by atoms with E-state index in [1.165, 1.54) is 5.56 Å². The Morgan fingerprint density at radius 1 is 1.19 bits per heavy atom. The van der Waals surface area contributed by atoms with Gasteiger partial charge in [0, 0.05) is 18.9 Å². The summed E-state index contributed by atoms with van der Waals surface area (Å²) in [6.07, 6.45) is 3.95. The number of aryl methyl sites for hydroxylation is 1. The van der Waals surface area contributed by atoms with Crippen molar-refractivity contribution >= 4 is 11.6 Å². The number of rotatable bonds is 4. The van der Waals surface area contributed by atoms with Gasteiger partial charge < -0.3 is 18.9 Å². The highest BCUT2D eigenvalue weighted by molar-refractivity contribution is 6.32. The lowest BCUT2D eigenvalue weighted by Gasteiger charge is -2.30. The molecule has 0 aliphatic carbocycles. The Balaban J connectivity index is 1.32. The molecule has 1 fully saturated rings. The molecule has 2 aliphatic rings. The van der Waals surface area contributed by atoms with Crippen molar-refractivity contribution in [3.63, 3.8) is 0 Å². The van der Waals surface area contributed by atoms with Crippen molar-refractivity contribution in [3.8, 4) is 11.5 Å². The molecule has 2 aliphatic heterocycles. The smallest absolute Gasteiger partial charge is 0.229 e. The molecule has 26 heavy (non-hydrogen) atoms. The minimum atomic E-state index is 0.389. The summed E-state index contributed by atoms with van der Waals surface area (Å²) in [7, 11) is 0. The number of benzene rings is 1. The number of aromatic nitrogens is 2. The van der Waals surface area contributed by atoms with E-state index in [-0.39, 0.29) is 0 Å². The fraction of sp³-hybridized carbons (Fsp3) is 0.579. The van der Waals surface area contributed by atoms with E-state index in [0.717, 1.165) is 57.0 Å². The molecule has 1 aromatic carbocycles. The second kappa shape index (κ2) is 7.84. The second-order valence-electron chi connectivity index (χ2n) is 7.00. The van der Waals surface area contributed by atoms with Gasteiger partial charge >= 0.3 is 0 Å². The maximum absolute atomic E-state index is 6.39. The number of fused-ring (bicyclic) bond motifs is 1. The Kier molecular flexibility index (Phi) is 5.31. The highest BCUT2D eigenvalue weighted by Gasteiger charge is 2.25. The van der Waals surface area contributed by atoms with E-state index in [2.05, 4.69) is 21.1 Å². The van der Waals surface area contributed by atoms with Gasteiger partial charge in [-0.2, -0.15) is 4.98 Å². The van der Waals surface area contributed by atoms with Crippen LogP contribution in [0.5, 0.6) is 11.5 Å². The largest absolute Gasteiger partial charge is 0.489 e. The van der Waals surface area contributed by atoms with Crippen LogP contribution in [0.3, 0.4) is 0 Å². The summed E-state index contributed by atoms with van der Waals surface area (Å²) in [5, 5.41) is 4.55. The first-order valence-electron chi connectivity index (χ1n) is 9.29. The quantitative estimate of drug-likeness (QED) is 0.811. The average Bonchev–Trinajstić information content (AvgIpc) is 2.93. The van der Waals surface area contributed by atoms with Gasteiger partial charge in [0.2, 0.25) is 5.89 Å². The molecule has 0 N–H and O–H groups in total. The Hall–Kier alpha value is -1.79. The molecule has 0 saturated carbocycles. The van der Waals surface area contributed by atoms with Crippen LogP contribution in [0.4, 0.5) is 0 Å². The Bertz CT molecular complexity index is 756. The Morgan fingerprint density at radius 2 is 2.00 bits per heavy atom. The van der Waals surface area contributed by atoms with Crippen LogP contribution in [0.25, 0.3) is 0 Å². The van der Waals surface area contributed by atoms with Gasteiger partial charge in [-0.1, -0.05) is 16.8 Å². The molecular formula is C19H24ClN3O3. The summed E-state index contributed by atoms with van der Waals surface area (Å²) in [4.78, 5) is 6.86. The first kappa shape index (κ1) is 17.6. The second-order valence-corrected chi connectivity index (χ2v) is 7.41. The van der Waals surface area contributed by atoms with Gasteiger partial charge in [0.1, 0.15) is 0 Å². The molecule has 0 bridgehead atoms. The van der Waals surface area contributed by atoms with Crippen molar-refractivity contribution in [2.45, 2.75) is 38.5 Å². The first-order valence-corrected chi connectivity index (χ1v) is 9.67. The Labute approximate surface area is 158 Å². The van der Waals surface area contributed by atoms with Crippen molar-refractivity contribution in [3.05, 3.63) is 34.4 Å². The molecular weight excluding hydrogens is 354 g/mol. The lowest BCUT2D eigenvalue weighted by atomic mass is 9.96. The molecule has 1 saturated heterocycles. The van der Waals surface area contributed by atoms with E-state index in [1.54, 1.807) is 0 Å². The van der Waals surface area contributed by atoms with Crippen LogP contribution in [-0.4, -0.2) is 47.9 Å². The van der Waals surface area contributed by atoms with Gasteiger partial charge in [-0.25, -0.2) is 0 Å². The third-order valence-electron chi connectivity index (χ3n) is 5.06. The number of hydrogen-bond acceptors (Lipinski definition) is 6. The lowest BCUT2D eigenvalue weighted by Crippen LogP contribution is -2.34. The van der Waals surface area contributed by atoms with Gasteiger partial charge in [0.15, 0.2) is 17.3 Å². The van der Waals surface area contributed by atoms with Crippen molar-refractivity contribution in [1.82, 2.24) is 15.0 Å². The van der Waals surface area contributed by atoms with Crippen LogP contribution in [0.2, 0.25) is 5.02 Å². The van der Waals surface area contributed by atoms with Crippen molar-refractivity contribution in [2.24, 2.45) is 0 Å². The third kappa shape index (κ3) is 3.96. The van der Waals surface area contributed by atoms with Gasteiger partial charge in [0.05, 0.1) is 18.2 Å². The first-order chi connectivity index (χ1) is 12.7. The SMILES string of the molecule is Cc1noc(C2CCN(CCc3cc(Cl)c4c(c3)OCCCO4)CC2)n1. The average molecular weight is 378 g/mol. The zero-order chi connectivity index (χ0) is 17.9. The topological polar surface area (TPSA) is 60.6 Å². The summed E-state index contributed by atoms with van der Waals surface area (Å²) in [5.41, 5.74) is 1.19. The molecule has 6 nitrogen and oxygen atoms in total. The summed E-state index contributed by atoms with van der Waals surface area (Å²) < 4.78 is 16.8. The summed E-state index contributed by atoms with van der Waals surface area (Å²) in [5.74, 6) is 3.35. The monoisotopic (exact) mass is 377 g/mol. The number of likely N-dealkylation sites (tertiary alicyclic amines) is 1. The highest BCUT2D eigenvalue weighted by Crippen LogP contribution is 2.38. The predicted molar refractivity (Wildman–Crippen MR) is 98.2 cm³/mol. The van der Waals surface area contributed by atoms with Gasteiger partial charge in [-0.15, -0.1) is 0 Å². The van der Waals surface area contributed by atoms with E-state index in [0.29, 0.717) is 35.7 Å². The molecule has 1 aromatic heterocycles. The number of ether oxygens (including phenoxy) is 2. The summed E-state index contributed by atoms with van der Waals surface area (Å²) >= 11 is 6.39. The minimum Gasteiger partial charge on any atom is -0.489 e. The van der Waals surface area contributed by atoms with Crippen molar-refractivity contribution in [1.29, 1.82) is 0 Å². The van der Waals surface area contributed by atoms with Gasteiger partial charge in [-0.3, -0.25) is 0 Å². The van der Waals surface area contributed by atoms with Crippen LogP contribution >= 0.6 is 11.6 Å². The molecule has 2 aromatic rings. The molecule has 4 rings (SSSR count). The number of nitrogens with zero attached hydrogens (tertiary/aromatic N) is 3. The lowest BCUT2D eigenvalue weighted by molar-refractivity contribution is 0.196. The van der Waals surface area contributed by atoms with Crippen molar-refractivity contribution in [2.75, 3.05) is 32.8 Å². The zero-order valence-corrected chi connectivity index (χ0v) is 15.8. The van der Waals surface area contributed by atoms with Crippen LogP contribution in [0.15, 0.2) is 16.7 Å². The zero-order valence-electron chi connectivity index (χ0n) is 15.0. The van der Waals surface area contributed by atoms with E-state index in [4.69, 9.17) is 25.6 Å². The minimum absolute atomic E-state index is 0.389. The molecule has 0 unspecified atom stereocenters. The van der Waals surface area contributed by atoms with E-state index in [9.17, 15) is 0 Å². The molecule has 0 atom stereocenters. The molecule has 7 heteroatoms. The number of halogens is 1.